The van der Waals surface area contributed by atoms with Crippen molar-refractivity contribution in [2.45, 2.75) is 0 Å². The van der Waals surface area contributed by atoms with Crippen LogP contribution in [0.4, 0.5) is 17.1 Å². The molecule has 0 saturated heterocycles. The van der Waals surface area contributed by atoms with E-state index in [4.69, 9.17) is 14.7 Å². The van der Waals surface area contributed by atoms with Crippen LogP contribution >= 0.6 is 0 Å². The highest BCUT2D eigenvalue weighted by atomic mass is 16.5. The fourth-order valence-corrected chi connectivity index (χ4v) is 8.11. The first-order valence-electron chi connectivity index (χ1n) is 19.2. The highest BCUT2D eigenvalue weighted by Crippen LogP contribution is 2.50. The van der Waals surface area contributed by atoms with E-state index in [0.29, 0.717) is 5.82 Å². The van der Waals surface area contributed by atoms with Crippen LogP contribution in [-0.4, -0.2) is 14.5 Å². The predicted octanol–water partition coefficient (Wildman–Crippen LogP) is 13.8. The van der Waals surface area contributed by atoms with Crippen LogP contribution in [0, 0.1) is 0 Å². The number of benzene rings is 8. The van der Waals surface area contributed by atoms with Gasteiger partial charge in [0.15, 0.2) is 17.3 Å². The maximum absolute atomic E-state index is 6.32. The SMILES string of the molecule is c1ccc(-c2cc(-c3ccccc3)nc(-c3cccc(-c4ccc5c(c4)c4ccccc4n5-c4cccc(N5c6ccccc6Oc6ccccc65)c4)c3)n2)cc1. The lowest BCUT2D eigenvalue weighted by Gasteiger charge is -2.33. The number of rotatable bonds is 6. The summed E-state index contributed by atoms with van der Waals surface area (Å²) in [5.74, 6) is 2.37. The normalized spacial score (nSPS) is 12.0. The molecule has 3 heterocycles. The maximum atomic E-state index is 6.32. The Hall–Kier alpha value is -7.76. The zero-order chi connectivity index (χ0) is 37.7. The molecule has 0 spiro atoms. The number of anilines is 3. The minimum Gasteiger partial charge on any atom is -0.453 e. The molecule has 5 nitrogen and oxygen atoms in total. The third-order valence-corrected chi connectivity index (χ3v) is 10.8. The molecule has 0 atom stereocenters. The molecule has 0 amide bonds. The highest BCUT2D eigenvalue weighted by Gasteiger charge is 2.26. The third kappa shape index (κ3) is 5.72. The van der Waals surface area contributed by atoms with Gasteiger partial charge in [-0.3, -0.25) is 0 Å². The molecule has 0 saturated carbocycles. The Kier molecular flexibility index (Phi) is 7.74. The standard InChI is InChI=1S/C52H34N4O/c1-3-15-35(16-4-1)44-34-45(36-17-5-2-6-18-36)54-52(53-44)39-20-13-19-37(31-39)38-29-30-47-43(32-38)42-23-7-8-24-46(42)55(47)40-21-14-22-41(33-40)56-48-25-9-11-27-50(48)57-51-28-12-10-26-49(51)56/h1-34H. The second-order valence-corrected chi connectivity index (χ2v) is 14.3. The van der Waals surface area contributed by atoms with Gasteiger partial charge >= 0.3 is 0 Å². The van der Waals surface area contributed by atoms with Crippen molar-refractivity contribution in [3.8, 4) is 62.2 Å². The predicted molar refractivity (Wildman–Crippen MR) is 233 cm³/mol. The van der Waals surface area contributed by atoms with Gasteiger partial charge in [-0.25, -0.2) is 9.97 Å². The van der Waals surface area contributed by atoms with Crippen molar-refractivity contribution in [2.24, 2.45) is 0 Å². The van der Waals surface area contributed by atoms with Crippen LogP contribution in [0.1, 0.15) is 0 Å². The Bertz CT molecular complexity index is 3010. The van der Waals surface area contributed by atoms with Crippen LogP contribution < -0.4 is 9.64 Å². The second-order valence-electron chi connectivity index (χ2n) is 14.3. The molecule has 0 unspecified atom stereocenters. The third-order valence-electron chi connectivity index (χ3n) is 10.8. The molecule has 0 N–H and O–H groups in total. The Morgan fingerprint density at radius 1 is 0.351 bits per heavy atom. The zero-order valence-corrected chi connectivity index (χ0v) is 30.8. The van der Waals surface area contributed by atoms with E-state index in [2.05, 4.69) is 155 Å². The summed E-state index contributed by atoms with van der Waals surface area (Å²) in [6.07, 6.45) is 0. The summed E-state index contributed by atoms with van der Waals surface area (Å²) in [7, 11) is 0. The molecule has 0 radical (unpaired) electrons. The van der Waals surface area contributed by atoms with E-state index in [-0.39, 0.29) is 0 Å². The molecule has 0 aliphatic carbocycles. The monoisotopic (exact) mass is 730 g/mol. The van der Waals surface area contributed by atoms with E-state index in [1.807, 2.05) is 60.7 Å². The van der Waals surface area contributed by atoms with Gasteiger partial charge in [0.05, 0.1) is 33.8 Å². The van der Waals surface area contributed by atoms with Gasteiger partial charge < -0.3 is 14.2 Å². The van der Waals surface area contributed by atoms with Gasteiger partial charge in [0.25, 0.3) is 0 Å². The van der Waals surface area contributed by atoms with Crippen molar-refractivity contribution in [2.75, 3.05) is 4.90 Å². The van der Waals surface area contributed by atoms with Gasteiger partial charge in [-0.2, -0.15) is 0 Å². The van der Waals surface area contributed by atoms with Gasteiger partial charge in [-0.1, -0.05) is 133 Å². The van der Waals surface area contributed by atoms with E-state index in [0.717, 1.165) is 84.5 Å². The maximum Gasteiger partial charge on any atom is 0.160 e. The number of ether oxygens (including phenoxy) is 1. The molecular formula is C52H34N4O. The van der Waals surface area contributed by atoms with Crippen LogP contribution in [0.25, 0.3) is 72.5 Å². The fourth-order valence-electron chi connectivity index (χ4n) is 8.11. The molecule has 57 heavy (non-hydrogen) atoms. The Balaban J connectivity index is 1.02. The zero-order valence-electron chi connectivity index (χ0n) is 30.8. The molecule has 11 rings (SSSR count). The molecule has 1 aliphatic heterocycles. The Morgan fingerprint density at radius 2 is 0.895 bits per heavy atom. The van der Waals surface area contributed by atoms with Crippen molar-refractivity contribution in [3.63, 3.8) is 0 Å². The smallest absolute Gasteiger partial charge is 0.160 e. The fraction of sp³-hybridized carbons (Fsp3) is 0. The first-order chi connectivity index (χ1) is 28.2. The lowest BCUT2D eigenvalue weighted by atomic mass is 10.00. The van der Waals surface area contributed by atoms with Crippen molar-refractivity contribution < 1.29 is 4.74 Å². The van der Waals surface area contributed by atoms with E-state index in [1.54, 1.807) is 0 Å². The number of nitrogens with zero attached hydrogens (tertiary/aromatic N) is 4. The summed E-state index contributed by atoms with van der Waals surface area (Å²) in [6.45, 7) is 0. The number of hydrogen-bond donors (Lipinski definition) is 0. The van der Waals surface area contributed by atoms with Crippen LogP contribution in [0.15, 0.2) is 206 Å². The van der Waals surface area contributed by atoms with E-state index in [9.17, 15) is 0 Å². The molecule has 0 fully saturated rings. The van der Waals surface area contributed by atoms with Crippen LogP contribution in [0.5, 0.6) is 11.5 Å². The molecule has 1 aliphatic rings. The highest BCUT2D eigenvalue weighted by molar-refractivity contribution is 6.10. The average Bonchev–Trinajstić information content (AvgIpc) is 3.62. The second kappa shape index (κ2) is 13.5. The van der Waals surface area contributed by atoms with Crippen LogP contribution in [0.2, 0.25) is 0 Å². The molecule has 0 bridgehead atoms. The minimum atomic E-state index is 0.695. The van der Waals surface area contributed by atoms with Gasteiger partial charge in [0.2, 0.25) is 0 Å². The van der Waals surface area contributed by atoms with Crippen molar-refractivity contribution >= 4 is 38.9 Å². The van der Waals surface area contributed by atoms with Gasteiger partial charge in [-0.15, -0.1) is 0 Å². The quantitative estimate of drug-likeness (QED) is 0.171. The summed E-state index contributed by atoms with van der Waals surface area (Å²) >= 11 is 0. The summed E-state index contributed by atoms with van der Waals surface area (Å²) in [5.41, 5.74) is 13.6. The molecule has 8 aromatic carbocycles. The van der Waals surface area contributed by atoms with Gasteiger partial charge in [0.1, 0.15) is 0 Å². The minimum absolute atomic E-state index is 0.695. The first-order valence-corrected chi connectivity index (χ1v) is 19.2. The number of fused-ring (bicyclic) bond motifs is 5. The molecule has 10 aromatic rings. The van der Waals surface area contributed by atoms with E-state index in [1.165, 1.54) is 10.8 Å². The van der Waals surface area contributed by atoms with Gasteiger partial charge in [-0.05, 0) is 83.9 Å². The van der Waals surface area contributed by atoms with E-state index >= 15 is 0 Å². The summed E-state index contributed by atoms with van der Waals surface area (Å²) in [5, 5.41) is 2.39. The molecule has 2 aromatic heterocycles. The average molecular weight is 731 g/mol. The summed E-state index contributed by atoms with van der Waals surface area (Å²) in [4.78, 5) is 12.5. The van der Waals surface area contributed by atoms with Crippen LogP contribution in [0.3, 0.4) is 0 Å². The lowest BCUT2D eigenvalue weighted by Crippen LogP contribution is -2.15. The Labute approximate surface area is 330 Å². The van der Waals surface area contributed by atoms with Crippen molar-refractivity contribution in [1.82, 2.24) is 14.5 Å². The number of para-hydroxylation sites is 5. The van der Waals surface area contributed by atoms with Gasteiger partial charge in [0, 0.05) is 38.8 Å². The molecular weight excluding hydrogens is 697 g/mol. The molecule has 268 valence electrons. The summed E-state index contributed by atoms with van der Waals surface area (Å²) in [6, 6.07) is 72.0. The lowest BCUT2D eigenvalue weighted by molar-refractivity contribution is 0.477. The number of hydrogen-bond acceptors (Lipinski definition) is 4. The first kappa shape index (κ1) is 32.7. The van der Waals surface area contributed by atoms with E-state index < -0.39 is 0 Å². The number of aromatic nitrogens is 3. The summed E-state index contributed by atoms with van der Waals surface area (Å²) < 4.78 is 8.70. The van der Waals surface area contributed by atoms with Crippen molar-refractivity contribution in [3.05, 3.63) is 206 Å². The molecule has 5 heteroatoms. The largest absolute Gasteiger partial charge is 0.453 e. The van der Waals surface area contributed by atoms with Crippen molar-refractivity contribution in [1.29, 1.82) is 0 Å². The topological polar surface area (TPSA) is 43.2 Å². The Morgan fingerprint density at radius 3 is 1.61 bits per heavy atom. The van der Waals surface area contributed by atoms with Crippen LogP contribution in [-0.2, 0) is 0 Å².